The van der Waals surface area contributed by atoms with Crippen LogP contribution in [0.5, 0.6) is 5.75 Å². The molecule has 0 N–H and O–H groups in total. The summed E-state index contributed by atoms with van der Waals surface area (Å²) >= 11 is 5.06. The van der Waals surface area contributed by atoms with Gasteiger partial charge in [-0.1, -0.05) is 0 Å². The van der Waals surface area contributed by atoms with Crippen molar-refractivity contribution in [1.82, 2.24) is 4.98 Å². The van der Waals surface area contributed by atoms with Crippen molar-refractivity contribution in [3.8, 4) is 5.75 Å². The molecule has 0 bridgehead atoms. The Hall–Kier alpha value is 0.0200. The van der Waals surface area contributed by atoms with Gasteiger partial charge in [0.15, 0.2) is 0 Å². The average Bonchev–Trinajstić information content (AvgIpc) is 2.09. The van der Waals surface area contributed by atoms with E-state index in [1.807, 2.05) is 22.6 Å². The molecule has 1 heterocycles. The molecule has 0 fully saturated rings. The summed E-state index contributed by atoms with van der Waals surface area (Å²) in [6, 6.07) is 0. The van der Waals surface area contributed by atoms with Crippen molar-refractivity contribution in [2.75, 3.05) is 7.11 Å². The van der Waals surface area contributed by atoms with E-state index in [1.165, 1.54) is 7.11 Å². The van der Waals surface area contributed by atoms with E-state index in [9.17, 15) is 8.78 Å². The van der Waals surface area contributed by atoms with Gasteiger partial charge in [0.2, 0.25) is 0 Å². The molecule has 0 unspecified atom stereocenters. The Balaban J connectivity index is 3.30. The van der Waals surface area contributed by atoms with Crippen molar-refractivity contribution in [3.63, 3.8) is 0 Å². The summed E-state index contributed by atoms with van der Waals surface area (Å²) in [5.41, 5.74) is -0.199. The zero-order chi connectivity index (χ0) is 10.0. The third kappa shape index (κ3) is 2.28. The minimum atomic E-state index is -2.57. The molecular formula is C7H5BrF2INO. The first-order valence-electron chi connectivity index (χ1n) is 3.24. The van der Waals surface area contributed by atoms with Gasteiger partial charge in [0.05, 0.1) is 17.1 Å². The van der Waals surface area contributed by atoms with Crippen LogP contribution in [0, 0.1) is 3.70 Å². The van der Waals surface area contributed by atoms with Crippen molar-refractivity contribution in [1.29, 1.82) is 0 Å². The molecule has 0 saturated heterocycles. The summed E-state index contributed by atoms with van der Waals surface area (Å²) in [4.78, 5) is 3.79. The van der Waals surface area contributed by atoms with Crippen molar-refractivity contribution >= 4 is 38.5 Å². The number of methoxy groups -OCH3 is 1. The quantitative estimate of drug-likeness (QED) is 0.593. The van der Waals surface area contributed by atoms with E-state index in [-0.39, 0.29) is 11.3 Å². The number of halogens is 4. The van der Waals surface area contributed by atoms with Crippen molar-refractivity contribution in [2.45, 2.75) is 6.43 Å². The Bertz CT molecular complexity index is 322. The minimum absolute atomic E-state index is 0.148. The van der Waals surface area contributed by atoms with Crippen molar-refractivity contribution in [2.24, 2.45) is 0 Å². The molecule has 13 heavy (non-hydrogen) atoms. The first-order chi connectivity index (χ1) is 6.07. The number of hydrogen-bond donors (Lipinski definition) is 0. The van der Waals surface area contributed by atoms with Gasteiger partial charge in [0.25, 0.3) is 6.43 Å². The highest BCUT2D eigenvalue weighted by atomic mass is 127. The van der Waals surface area contributed by atoms with Crippen LogP contribution in [-0.4, -0.2) is 12.1 Å². The number of rotatable bonds is 2. The highest BCUT2D eigenvalue weighted by Gasteiger charge is 2.18. The summed E-state index contributed by atoms with van der Waals surface area (Å²) in [5, 5.41) is 0. The fraction of sp³-hybridized carbons (Fsp3) is 0.286. The number of hydrogen-bond acceptors (Lipinski definition) is 2. The van der Waals surface area contributed by atoms with Gasteiger partial charge in [-0.15, -0.1) is 0 Å². The monoisotopic (exact) mass is 363 g/mol. The number of pyridine rings is 1. The maximum atomic E-state index is 12.4. The first kappa shape index (κ1) is 11.1. The van der Waals surface area contributed by atoms with E-state index in [0.717, 1.165) is 6.20 Å². The van der Waals surface area contributed by atoms with Crippen LogP contribution in [0.4, 0.5) is 8.78 Å². The number of aromatic nitrogens is 1. The third-order valence-corrected chi connectivity index (χ3v) is 3.69. The molecule has 0 saturated carbocycles. The van der Waals surface area contributed by atoms with Crippen LogP contribution in [-0.2, 0) is 0 Å². The van der Waals surface area contributed by atoms with Gasteiger partial charge in [-0.25, -0.2) is 13.8 Å². The van der Waals surface area contributed by atoms with Crippen LogP contribution >= 0.6 is 38.5 Å². The molecule has 0 aliphatic rings. The normalized spacial score (nSPS) is 10.6. The lowest BCUT2D eigenvalue weighted by Crippen LogP contribution is -1.97. The van der Waals surface area contributed by atoms with E-state index in [4.69, 9.17) is 4.74 Å². The summed E-state index contributed by atoms with van der Waals surface area (Å²) in [6.07, 6.45) is -1.45. The lowest BCUT2D eigenvalue weighted by atomic mass is 10.3. The molecule has 72 valence electrons. The standard InChI is InChI=1S/C7H5BrF2INO/c1-13-5-3(6(9)10)2-12-7(11)4(5)8/h2,6H,1H3. The van der Waals surface area contributed by atoms with Gasteiger partial charge in [-0.3, -0.25) is 0 Å². The molecule has 0 spiro atoms. The largest absolute Gasteiger partial charge is 0.495 e. The molecule has 0 amide bonds. The fourth-order valence-electron chi connectivity index (χ4n) is 0.825. The number of nitrogens with zero attached hydrogens (tertiary/aromatic N) is 1. The summed E-state index contributed by atoms with van der Waals surface area (Å²) < 4.78 is 30.7. The predicted molar refractivity (Wildman–Crippen MR) is 56.2 cm³/mol. The molecule has 2 nitrogen and oxygen atoms in total. The maximum Gasteiger partial charge on any atom is 0.268 e. The van der Waals surface area contributed by atoms with Crippen LogP contribution < -0.4 is 4.74 Å². The Morgan fingerprint density at radius 3 is 2.69 bits per heavy atom. The second-order valence-corrected chi connectivity index (χ2v) is 3.97. The molecule has 0 aliphatic heterocycles. The second-order valence-electron chi connectivity index (χ2n) is 2.15. The van der Waals surface area contributed by atoms with Gasteiger partial charge < -0.3 is 4.74 Å². The highest BCUT2D eigenvalue weighted by Crippen LogP contribution is 2.36. The summed E-state index contributed by atoms with van der Waals surface area (Å²) in [6.45, 7) is 0. The minimum Gasteiger partial charge on any atom is -0.495 e. The molecule has 1 aromatic rings. The maximum absolute atomic E-state index is 12.4. The van der Waals surface area contributed by atoms with E-state index in [1.54, 1.807) is 0 Å². The molecule has 1 rings (SSSR count). The lowest BCUT2D eigenvalue weighted by molar-refractivity contribution is 0.146. The van der Waals surface area contributed by atoms with E-state index in [2.05, 4.69) is 20.9 Å². The van der Waals surface area contributed by atoms with E-state index in [0.29, 0.717) is 8.17 Å². The Morgan fingerprint density at radius 2 is 2.23 bits per heavy atom. The summed E-state index contributed by atoms with van der Waals surface area (Å²) in [7, 11) is 1.35. The SMILES string of the molecule is COc1c(C(F)F)cnc(I)c1Br. The van der Waals surface area contributed by atoms with Gasteiger partial charge in [0, 0.05) is 6.20 Å². The van der Waals surface area contributed by atoms with Gasteiger partial charge >= 0.3 is 0 Å². The Kier molecular flexibility index (Phi) is 3.84. The van der Waals surface area contributed by atoms with Crippen LogP contribution in [0.25, 0.3) is 0 Å². The molecular weight excluding hydrogens is 359 g/mol. The van der Waals surface area contributed by atoms with Gasteiger partial charge in [0.1, 0.15) is 9.45 Å². The van der Waals surface area contributed by atoms with Crippen molar-refractivity contribution in [3.05, 3.63) is 19.9 Å². The topological polar surface area (TPSA) is 22.1 Å². The van der Waals surface area contributed by atoms with Gasteiger partial charge in [-0.2, -0.15) is 0 Å². The highest BCUT2D eigenvalue weighted by molar-refractivity contribution is 14.1. The molecule has 0 radical (unpaired) electrons. The van der Waals surface area contributed by atoms with E-state index < -0.39 is 6.43 Å². The molecule has 0 aromatic carbocycles. The van der Waals surface area contributed by atoms with Crippen LogP contribution in [0.15, 0.2) is 10.7 Å². The van der Waals surface area contributed by atoms with Crippen LogP contribution in [0.3, 0.4) is 0 Å². The van der Waals surface area contributed by atoms with E-state index >= 15 is 0 Å². The second kappa shape index (κ2) is 4.50. The first-order valence-corrected chi connectivity index (χ1v) is 5.11. The average molecular weight is 364 g/mol. The molecule has 0 atom stereocenters. The Morgan fingerprint density at radius 1 is 1.62 bits per heavy atom. The molecule has 0 aliphatic carbocycles. The van der Waals surface area contributed by atoms with Crippen molar-refractivity contribution < 1.29 is 13.5 Å². The number of alkyl halides is 2. The van der Waals surface area contributed by atoms with Gasteiger partial charge in [-0.05, 0) is 38.5 Å². The smallest absolute Gasteiger partial charge is 0.268 e. The Labute approximate surface area is 96.0 Å². The fourth-order valence-corrected chi connectivity index (χ4v) is 1.70. The van der Waals surface area contributed by atoms with Crippen LogP contribution in [0.2, 0.25) is 0 Å². The zero-order valence-electron chi connectivity index (χ0n) is 6.52. The third-order valence-electron chi connectivity index (χ3n) is 1.40. The zero-order valence-corrected chi connectivity index (χ0v) is 10.3. The number of ether oxygens (including phenoxy) is 1. The predicted octanol–water partition coefficient (Wildman–Crippen LogP) is 3.39. The summed E-state index contributed by atoms with van der Waals surface area (Å²) in [5.74, 6) is 0.148. The molecule has 1 aromatic heterocycles. The molecule has 6 heteroatoms. The lowest BCUT2D eigenvalue weighted by Gasteiger charge is -2.09. The van der Waals surface area contributed by atoms with Crippen LogP contribution in [0.1, 0.15) is 12.0 Å².